The van der Waals surface area contributed by atoms with Crippen LogP contribution in [0.1, 0.15) is 19.3 Å². The van der Waals surface area contributed by atoms with Gasteiger partial charge in [-0.2, -0.15) is 0 Å². The van der Waals surface area contributed by atoms with Crippen molar-refractivity contribution in [1.29, 1.82) is 0 Å². The number of amides is 1. The second-order valence-corrected chi connectivity index (χ2v) is 4.97. The smallest absolute Gasteiger partial charge is 0.305 e. The first kappa shape index (κ1) is 15.2. The lowest BCUT2D eigenvalue weighted by Crippen LogP contribution is -2.49. The van der Waals surface area contributed by atoms with Crippen LogP contribution in [0.25, 0.3) is 0 Å². The van der Waals surface area contributed by atoms with E-state index >= 15 is 0 Å². The van der Waals surface area contributed by atoms with Crippen molar-refractivity contribution in [2.24, 2.45) is 0 Å². The number of piperidine rings is 1. The second-order valence-electron chi connectivity index (χ2n) is 4.97. The third-order valence-electron chi connectivity index (χ3n) is 3.51. The highest BCUT2D eigenvalue weighted by Crippen LogP contribution is 2.16. The minimum absolute atomic E-state index is 0.0197. The standard InChI is InChI=1S/C13H21NO6/c15-12(16)3-6-19-10-1-4-14(5-2-10)13(17)11-9-18-7-8-20-11/h10-11H,1-9H2,(H,15,16). The van der Waals surface area contributed by atoms with Gasteiger partial charge in [-0.05, 0) is 12.8 Å². The fraction of sp³-hybridized carbons (Fsp3) is 0.846. The third-order valence-corrected chi connectivity index (χ3v) is 3.51. The Morgan fingerprint density at radius 2 is 2.00 bits per heavy atom. The molecule has 1 atom stereocenters. The van der Waals surface area contributed by atoms with E-state index in [0.29, 0.717) is 32.9 Å². The Morgan fingerprint density at radius 3 is 2.60 bits per heavy atom. The molecule has 1 N–H and O–H groups in total. The molecule has 2 heterocycles. The number of carbonyl (C=O) groups excluding carboxylic acids is 1. The SMILES string of the molecule is O=C(O)CCOC1CCN(C(=O)C2COCCO2)CC1. The van der Waals surface area contributed by atoms with Gasteiger partial charge in [0.2, 0.25) is 0 Å². The Bertz CT molecular complexity index is 334. The molecule has 0 spiro atoms. The van der Waals surface area contributed by atoms with Gasteiger partial charge in [-0.1, -0.05) is 0 Å². The Hall–Kier alpha value is -1.18. The van der Waals surface area contributed by atoms with Crippen LogP contribution in [0.5, 0.6) is 0 Å². The average molecular weight is 287 g/mol. The van der Waals surface area contributed by atoms with Crippen LogP contribution in [-0.4, -0.2) is 73.6 Å². The predicted octanol–water partition coefficient (Wildman–Crippen LogP) is -0.116. The molecule has 0 aromatic heterocycles. The molecule has 0 aromatic rings. The van der Waals surface area contributed by atoms with Crippen molar-refractivity contribution >= 4 is 11.9 Å². The molecule has 0 aliphatic carbocycles. The van der Waals surface area contributed by atoms with Gasteiger partial charge < -0.3 is 24.2 Å². The topological polar surface area (TPSA) is 85.3 Å². The quantitative estimate of drug-likeness (QED) is 0.759. The molecule has 2 fully saturated rings. The van der Waals surface area contributed by atoms with Crippen LogP contribution in [0.15, 0.2) is 0 Å². The number of ether oxygens (including phenoxy) is 3. The van der Waals surface area contributed by atoms with E-state index in [1.54, 1.807) is 4.90 Å². The van der Waals surface area contributed by atoms with Crippen molar-refractivity contribution in [3.63, 3.8) is 0 Å². The van der Waals surface area contributed by atoms with Crippen molar-refractivity contribution < 1.29 is 28.9 Å². The van der Waals surface area contributed by atoms with Crippen molar-refractivity contribution in [2.45, 2.75) is 31.5 Å². The summed E-state index contributed by atoms with van der Waals surface area (Å²) in [6, 6.07) is 0. The molecule has 1 amide bonds. The van der Waals surface area contributed by atoms with Gasteiger partial charge in [0, 0.05) is 13.1 Å². The zero-order chi connectivity index (χ0) is 14.4. The largest absolute Gasteiger partial charge is 0.481 e. The number of rotatable bonds is 5. The van der Waals surface area contributed by atoms with E-state index in [4.69, 9.17) is 19.3 Å². The number of likely N-dealkylation sites (tertiary alicyclic amines) is 1. The van der Waals surface area contributed by atoms with E-state index in [-0.39, 0.29) is 25.0 Å². The molecule has 2 aliphatic heterocycles. The summed E-state index contributed by atoms with van der Waals surface area (Å²) in [5.74, 6) is -0.874. The van der Waals surface area contributed by atoms with Crippen LogP contribution in [0.2, 0.25) is 0 Å². The predicted molar refractivity (Wildman–Crippen MR) is 68.4 cm³/mol. The molecular formula is C13H21NO6. The van der Waals surface area contributed by atoms with E-state index in [9.17, 15) is 9.59 Å². The number of carboxylic acids is 1. The van der Waals surface area contributed by atoms with Gasteiger partial charge in [-0.15, -0.1) is 0 Å². The highest BCUT2D eigenvalue weighted by atomic mass is 16.6. The van der Waals surface area contributed by atoms with Crippen LogP contribution in [0.3, 0.4) is 0 Å². The Morgan fingerprint density at radius 1 is 1.25 bits per heavy atom. The summed E-state index contributed by atoms with van der Waals surface area (Å²) in [5.41, 5.74) is 0. The van der Waals surface area contributed by atoms with Gasteiger partial charge in [0.15, 0.2) is 6.10 Å². The number of carbonyl (C=O) groups is 2. The Kier molecular flexibility index (Phi) is 5.75. The summed E-state index contributed by atoms with van der Waals surface area (Å²) in [4.78, 5) is 24.3. The average Bonchev–Trinajstić information content (AvgIpc) is 2.48. The van der Waals surface area contributed by atoms with Crippen LogP contribution in [0, 0.1) is 0 Å². The van der Waals surface area contributed by atoms with E-state index in [2.05, 4.69) is 0 Å². The monoisotopic (exact) mass is 287 g/mol. The number of nitrogens with zero attached hydrogens (tertiary/aromatic N) is 1. The molecule has 114 valence electrons. The summed E-state index contributed by atoms with van der Waals surface area (Å²) >= 11 is 0. The van der Waals surface area contributed by atoms with E-state index < -0.39 is 12.1 Å². The fourth-order valence-corrected chi connectivity index (χ4v) is 2.39. The maximum absolute atomic E-state index is 12.2. The van der Waals surface area contributed by atoms with Gasteiger partial charge in [-0.25, -0.2) is 0 Å². The lowest BCUT2D eigenvalue weighted by molar-refractivity contribution is -0.160. The van der Waals surface area contributed by atoms with Crippen molar-refractivity contribution in [3.8, 4) is 0 Å². The summed E-state index contributed by atoms with van der Waals surface area (Å²) in [5, 5.41) is 8.54. The molecule has 2 aliphatic rings. The molecule has 0 aromatic carbocycles. The molecule has 1 unspecified atom stereocenters. The van der Waals surface area contributed by atoms with Crippen LogP contribution in [-0.2, 0) is 23.8 Å². The van der Waals surface area contributed by atoms with Gasteiger partial charge in [0.05, 0.1) is 39.0 Å². The Balaban J connectivity index is 1.68. The van der Waals surface area contributed by atoms with Crippen LogP contribution < -0.4 is 0 Å². The number of carboxylic acid groups (broad SMARTS) is 1. The lowest BCUT2D eigenvalue weighted by atomic mass is 10.1. The van der Waals surface area contributed by atoms with Crippen molar-refractivity contribution in [3.05, 3.63) is 0 Å². The summed E-state index contributed by atoms with van der Waals surface area (Å²) in [6.07, 6.45) is 1.06. The van der Waals surface area contributed by atoms with Crippen LogP contribution in [0.4, 0.5) is 0 Å². The first-order valence-corrected chi connectivity index (χ1v) is 6.98. The van der Waals surface area contributed by atoms with Gasteiger partial charge in [0.1, 0.15) is 0 Å². The molecule has 2 rings (SSSR count). The number of hydrogen-bond acceptors (Lipinski definition) is 5. The first-order valence-electron chi connectivity index (χ1n) is 6.98. The van der Waals surface area contributed by atoms with E-state index in [0.717, 1.165) is 12.8 Å². The fourth-order valence-electron chi connectivity index (χ4n) is 2.39. The lowest BCUT2D eigenvalue weighted by Gasteiger charge is -2.34. The molecule has 0 bridgehead atoms. The minimum Gasteiger partial charge on any atom is -0.481 e. The van der Waals surface area contributed by atoms with E-state index in [1.807, 2.05) is 0 Å². The molecular weight excluding hydrogens is 266 g/mol. The molecule has 0 saturated carbocycles. The summed E-state index contributed by atoms with van der Waals surface area (Å²) in [7, 11) is 0. The first-order chi connectivity index (χ1) is 9.66. The highest BCUT2D eigenvalue weighted by molar-refractivity contribution is 5.81. The maximum atomic E-state index is 12.2. The molecule has 7 heteroatoms. The van der Waals surface area contributed by atoms with Crippen molar-refractivity contribution in [1.82, 2.24) is 4.90 Å². The van der Waals surface area contributed by atoms with Gasteiger partial charge >= 0.3 is 5.97 Å². The van der Waals surface area contributed by atoms with Gasteiger partial charge in [0.25, 0.3) is 5.91 Å². The Labute approximate surface area is 117 Å². The van der Waals surface area contributed by atoms with Crippen LogP contribution >= 0.6 is 0 Å². The van der Waals surface area contributed by atoms with E-state index in [1.165, 1.54) is 0 Å². The second kappa shape index (κ2) is 7.56. The summed E-state index contributed by atoms with van der Waals surface area (Å²) in [6.45, 7) is 2.81. The molecule has 2 saturated heterocycles. The normalized spacial score (nSPS) is 24.6. The zero-order valence-corrected chi connectivity index (χ0v) is 11.5. The zero-order valence-electron chi connectivity index (χ0n) is 11.5. The number of aliphatic carboxylic acids is 1. The molecule has 20 heavy (non-hydrogen) atoms. The minimum atomic E-state index is -0.855. The molecule has 7 nitrogen and oxygen atoms in total. The summed E-state index contributed by atoms with van der Waals surface area (Å²) < 4.78 is 16.1. The van der Waals surface area contributed by atoms with Gasteiger partial charge in [-0.3, -0.25) is 9.59 Å². The highest BCUT2D eigenvalue weighted by Gasteiger charge is 2.30. The maximum Gasteiger partial charge on any atom is 0.305 e. The molecule has 0 radical (unpaired) electrons. The van der Waals surface area contributed by atoms with Crippen molar-refractivity contribution in [2.75, 3.05) is 39.5 Å². The number of hydrogen-bond donors (Lipinski definition) is 1. The third kappa shape index (κ3) is 4.43.